The van der Waals surface area contributed by atoms with E-state index in [0.29, 0.717) is 30.8 Å². The second kappa shape index (κ2) is 7.73. The lowest BCUT2D eigenvalue weighted by molar-refractivity contribution is 0.267. The Morgan fingerprint density at radius 1 is 1.21 bits per heavy atom. The van der Waals surface area contributed by atoms with Crippen LogP contribution >= 0.6 is 0 Å². The van der Waals surface area contributed by atoms with Crippen molar-refractivity contribution in [1.82, 2.24) is 15.0 Å². The first kappa shape index (κ1) is 15.4. The maximum absolute atomic E-state index is 9.07. The zero-order chi connectivity index (χ0) is 14.3. The van der Waals surface area contributed by atoms with Gasteiger partial charge in [0.25, 0.3) is 0 Å². The lowest BCUT2D eigenvalue weighted by atomic mass is 10.0. The van der Waals surface area contributed by atoms with E-state index in [1.807, 2.05) is 6.92 Å². The molecule has 1 heterocycles. The molecule has 0 spiro atoms. The topological polar surface area (TPSA) is 92.2 Å². The van der Waals surface area contributed by atoms with E-state index >= 15 is 0 Å². The van der Waals surface area contributed by atoms with Crippen molar-refractivity contribution in [3.8, 4) is 6.01 Å². The monoisotopic (exact) mass is 269 g/mol. The third kappa shape index (κ3) is 4.86. The van der Waals surface area contributed by atoms with E-state index < -0.39 is 0 Å². The average molecular weight is 269 g/mol. The number of aliphatic hydroxyl groups excluding tert-OH is 1. The van der Waals surface area contributed by atoms with Gasteiger partial charge in [0, 0.05) is 19.7 Å². The first-order valence-electron chi connectivity index (χ1n) is 6.54. The van der Waals surface area contributed by atoms with Crippen LogP contribution in [0.25, 0.3) is 0 Å². The van der Waals surface area contributed by atoms with Crippen molar-refractivity contribution in [2.45, 2.75) is 33.2 Å². The van der Waals surface area contributed by atoms with Gasteiger partial charge in [-0.05, 0) is 19.3 Å². The van der Waals surface area contributed by atoms with E-state index in [-0.39, 0.29) is 18.7 Å². The molecule has 0 aromatic carbocycles. The number of hydrogen-bond donors (Lipinski definition) is 3. The fourth-order valence-corrected chi connectivity index (χ4v) is 1.60. The predicted molar refractivity (Wildman–Crippen MR) is 74.5 cm³/mol. The smallest absolute Gasteiger partial charge is 0.323 e. The van der Waals surface area contributed by atoms with Crippen LogP contribution in [-0.4, -0.2) is 46.4 Å². The maximum Gasteiger partial charge on any atom is 0.323 e. The summed E-state index contributed by atoms with van der Waals surface area (Å²) >= 11 is 0. The van der Waals surface area contributed by atoms with E-state index in [4.69, 9.17) is 9.84 Å². The standard InChI is InChI=1S/C12H23N5O2/c1-5-19-12-16-10(13-4)15-11(17-12)14-9(6-7-18)8(2)3/h8-9,18H,5-7H2,1-4H3,(H2,13,14,15,16,17). The SMILES string of the molecule is CCOc1nc(NC)nc(NC(CCO)C(C)C)n1. The molecule has 0 amide bonds. The zero-order valence-corrected chi connectivity index (χ0v) is 12.0. The molecule has 7 heteroatoms. The lowest BCUT2D eigenvalue weighted by Crippen LogP contribution is -2.28. The van der Waals surface area contributed by atoms with Gasteiger partial charge in [-0.15, -0.1) is 0 Å². The molecule has 3 N–H and O–H groups in total. The number of aliphatic hydroxyl groups is 1. The molecule has 0 saturated heterocycles. The summed E-state index contributed by atoms with van der Waals surface area (Å²) < 4.78 is 5.30. The molecule has 0 aliphatic carbocycles. The molecule has 1 rings (SSSR count). The molecule has 0 aliphatic rings. The van der Waals surface area contributed by atoms with Gasteiger partial charge >= 0.3 is 6.01 Å². The molecule has 7 nitrogen and oxygen atoms in total. The van der Waals surface area contributed by atoms with Crippen LogP contribution in [-0.2, 0) is 0 Å². The minimum absolute atomic E-state index is 0.103. The van der Waals surface area contributed by atoms with E-state index in [1.165, 1.54) is 0 Å². The third-order valence-corrected chi connectivity index (χ3v) is 2.67. The fourth-order valence-electron chi connectivity index (χ4n) is 1.60. The van der Waals surface area contributed by atoms with E-state index in [0.717, 1.165) is 0 Å². The molecule has 0 aliphatic heterocycles. The van der Waals surface area contributed by atoms with Gasteiger partial charge in [-0.2, -0.15) is 15.0 Å². The number of aromatic nitrogens is 3. The Labute approximate surface area is 113 Å². The molecule has 19 heavy (non-hydrogen) atoms. The van der Waals surface area contributed by atoms with Crippen LogP contribution in [0.1, 0.15) is 27.2 Å². The first-order valence-corrected chi connectivity index (χ1v) is 6.54. The normalized spacial score (nSPS) is 12.3. The Hall–Kier alpha value is -1.63. The molecule has 0 radical (unpaired) electrons. The summed E-state index contributed by atoms with van der Waals surface area (Å²) in [4.78, 5) is 12.5. The number of nitrogens with zero attached hydrogens (tertiary/aromatic N) is 3. The van der Waals surface area contributed by atoms with Gasteiger partial charge in [-0.1, -0.05) is 13.8 Å². The highest BCUT2D eigenvalue weighted by Gasteiger charge is 2.15. The van der Waals surface area contributed by atoms with Gasteiger partial charge in [0.05, 0.1) is 6.61 Å². The summed E-state index contributed by atoms with van der Waals surface area (Å²) in [5.74, 6) is 1.26. The molecule has 1 aromatic rings. The van der Waals surface area contributed by atoms with E-state index in [9.17, 15) is 0 Å². The molecule has 0 bridgehead atoms. The highest BCUT2D eigenvalue weighted by molar-refractivity contribution is 5.36. The highest BCUT2D eigenvalue weighted by Crippen LogP contribution is 2.15. The Balaban J connectivity index is 2.88. The van der Waals surface area contributed by atoms with Gasteiger partial charge in [0.2, 0.25) is 11.9 Å². The number of ether oxygens (including phenoxy) is 1. The van der Waals surface area contributed by atoms with Crippen LogP contribution in [0.15, 0.2) is 0 Å². The molecular weight excluding hydrogens is 246 g/mol. The number of anilines is 2. The molecule has 1 atom stereocenters. The Morgan fingerprint density at radius 2 is 1.89 bits per heavy atom. The first-order chi connectivity index (χ1) is 9.10. The summed E-state index contributed by atoms with van der Waals surface area (Å²) in [5, 5.41) is 15.2. The summed E-state index contributed by atoms with van der Waals surface area (Å²) in [7, 11) is 1.74. The second-order valence-electron chi connectivity index (χ2n) is 4.46. The van der Waals surface area contributed by atoms with Gasteiger partial charge in [0.15, 0.2) is 0 Å². The zero-order valence-electron chi connectivity index (χ0n) is 12.0. The van der Waals surface area contributed by atoms with Gasteiger partial charge in [-0.25, -0.2) is 0 Å². The second-order valence-corrected chi connectivity index (χ2v) is 4.46. The third-order valence-electron chi connectivity index (χ3n) is 2.67. The van der Waals surface area contributed by atoms with Crippen LogP contribution in [0.2, 0.25) is 0 Å². The lowest BCUT2D eigenvalue weighted by Gasteiger charge is -2.21. The quantitative estimate of drug-likeness (QED) is 0.651. The van der Waals surface area contributed by atoms with Crippen molar-refractivity contribution >= 4 is 11.9 Å². The number of rotatable bonds is 8. The molecule has 0 fully saturated rings. The van der Waals surface area contributed by atoms with Gasteiger partial charge < -0.3 is 20.5 Å². The fraction of sp³-hybridized carbons (Fsp3) is 0.750. The Kier molecular flexibility index (Phi) is 6.27. The molecule has 108 valence electrons. The van der Waals surface area contributed by atoms with Crippen molar-refractivity contribution < 1.29 is 9.84 Å². The van der Waals surface area contributed by atoms with Crippen LogP contribution in [0.3, 0.4) is 0 Å². The minimum Gasteiger partial charge on any atom is -0.464 e. The molecule has 1 aromatic heterocycles. The average Bonchev–Trinajstić information content (AvgIpc) is 2.38. The molecular formula is C12H23N5O2. The summed E-state index contributed by atoms with van der Waals surface area (Å²) in [5.41, 5.74) is 0. The Morgan fingerprint density at radius 3 is 2.42 bits per heavy atom. The number of nitrogens with one attached hydrogen (secondary N) is 2. The van der Waals surface area contributed by atoms with Crippen LogP contribution in [0, 0.1) is 5.92 Å². The molecule has 0 saturated carbocycles. The summed E-state index contributed by atoms with van der Waals surface area (Å²) in [6, 6.07) is 0.391. The predicted octanol–water partition coefficient (Wildman–Crippen LogP) is 1.13. The number of hydrogen-bond acceptors (Lipinski definition) is 7. The van der Waals surface area contributed by atoms with Crippen molar-refractivity contribution in [3.05, 3.63) is 0 Å². The highest BCUT2D eigenvalue weighted by atomic mass is 16.5. The maximum atomic E-state index is 9.07. The van der Waals surface area contributed by atoms with Crippen LogP contribution in [0.4, 0.5) is 11.9 Å². The Bertz CT molecular complexity index is 386. The van der Waals surface area contributed by atoms with Crippen molar-refractivity contribution in [3.63, 3.8) is 0 Å². The van der Waals surface area contributed by atoms with E-state index in [1.54, 1.807) is 7.05 Å². The van der Waals surface area contributed by atoms with Crippen LogP contribution < -0.4 is 15.4 Å². The van der Waals surface area contributed by atoms with E-state index in [2.05, 4.69) is 39.4 Å². The van der Waals surface area contributed by atoms with Gasteiger partial charge in [0.1, 0.15) is 0 Å². The molecule has 1 unspecified atom stereocenters. The summed E-state index contributed by atoms with van der Waals surface area (Å²) in [6.45, 7) is 6.65. The minimum atomic E-state index is 0.103. The van der Waals surface area contributed by atoms with Gasteiger partial charge in [-0.3, -0.25) is 0 Å². The van der Waals surface area contributed by atoms with Crippen LogP contribution in [0.5, 0.6) is 6.01 Å². The summed E-state index contributed by atoms with van der Waals surface area (Å²) in [6.07, 6.45) is 0.641. The van der Waals surface area contributed by atoms with Crippen molar-refractivity contribution in [2.75, 3.05) is 30.9 Å². The van der Waals surface area contributed by atoms with Crippen molar-refractivity contribution in [1.29, 1.82) is 0 Å². The van der Waals surface area contributed by atoms with Crippen molar-refractivity contribution in [2.24, 2.45) is 5.92 Å². The largest absolute Gasteiger partial charge is 0.464 e.